The summed E-state index contributed by atoms with van der Waals surface area (Å²) in [7, 11) is 1.77. The van der Waals surface area contributed by atoms with Crippen molar-refractivity contribution in [2.45, 2.75) is 104 Å². The molecule has 0 aliphatic heterocycles. The van der Waals surface area contributed by atoms with E-state index in [0.29, 0.717) is 0 Å². The number of rotatable bonds is 16. The minimum Gasteiger partial charge on any atom is -0.501 e. The van der Waals surface area contributed by atoms with Crippen LogP contribution in [0.15, 0.2) is 24.0 Å². The Labute approximate surface area is 140 Å². The van der Waals surface area contributed by atoms with E-state index in [1.807, 2.05) is 0 Å². The summed E-state index contributed by atoms with van der Waals surface area (Å²) in [4.78, 5) is 0. The van der Waals surface area contributed by atoms with Crippen molar-refractivity contribution >= 4 is 0 Å². The van der Waals surface area contributed by atoms with E-state index in [-0.39, 0.29) is 0 Å². The Morgan fingerprint density at radius 1 is 0.727 bits per heavy atom. The fourth-order valence-corrected chi connectivity index (χ4v) is 2.73. The Morgan fingerprint density at radius 2 is 1.23 bits per heavy atom. The van der Waals surface area contributed by atoms with E-state index in [1.54, 1.807) is 7.11 Å². The van der Waals surface area contributed by atoms with E-state index in [2.05, 4.69) is 32.1 Å². The molecule has 0 aliphatic carbocycles. The van der Waals surface area contributed by atoms with E-state index < -0.39 is 0 Å². The zero-order valence-corrected chi connectivity index (χ0v) is 15.5. The largest absolute Gasteiger partial charge is 0.501 e. The summed E-state index contributed by atoms with van der Waals surface area (Å²) in [6.45, 7) is 4.33. The third-order valence-corrected chi connectivity index (χ3v) is 4.27. The van der Waals surface area contributed by atoms with Crippen molar-refractivity contribution in [3.63, 3.8) is 0 Å². The lowest BCUT2D eigenvalue weighted by atomic mass is 10.1. The lowest BCUT2D eigenvalue weighted by molar-refractivity contribution is 0.273. The van der Waals surface area contributed by atoms with Gasteiger partial charge in [-0.05, 0) is 45.1 Å². The zero-order chi connectivity index (χ0) is 16.3. The van der Waals surface area contributed by atoms with Crippen LogP contribution < -0.4 is 0 Å². The molecule has 0 heterocycles. The molecule has 0 radical (unpaired) electrons. The van der Waals surface area contributed by atoms with Crippen LogP contribution in [0.5, 0.6) is 0 Å². The Bertz CT molecular complexity index is 265. The molecule has 0 atom stereocenters. The van der Waals surface area contributed by atoms with Crippen molar-refractivity contribution in [1.29, 1.82) is 0 Å². The van der Waals surface area contributed by atoms with Crippen molar-refractivity contribution < 1.29 is 4.74 Å². The second-order valence-electron chi connectivity index (χ2n) is 6.29. The quantitative estimate of drug-likeness (QED) is 0.162. The monoisotopic (exact) mass is 308 g/mol. The molecule has 0 aromatic heterocycles. The Morgan fingerprint density at radius 3 is 1.73 bits per heavy atom. The van der Waals surface area contributed by atoms with Crippen molar-refractivity contribution in [1.82, 2.24) is 0 Å². The maximum atomic E-state index is 5.27. The highest BCUT2D eigenvalue weighted by molar-refractivity contribution is 4.89. The summed E-state index contributed by atoms with van der Waals surface area (Å²) >= 11 is 0. The first kappa shape index (κ1) is 21.3. The molecular weight excluding hydrogens is 268 g/mol. The summed E-state index contributed by atoms with van der Waals surface area (Å²) in [5.74, 6) is 1.14. The first-order valence-electron chi connectivity index (χ1n) is 9.69. The van der Waals surface area contributed by atoms with Gasteiger partial charge in [-0.25, -0.2) is 0 Å². The van der Waals surface area contributed by atoms with Crippen LogP contribution in [0.3, 0.4) is 0 Å². The predicted molar refractivity (Wildman–Crippen MR) is 100 cm³/mol. The average molecular weight is 309 g/mol. The number of hydrogen-bond acceptors (Lipinski definition) is 1. The zero-order valence-electron chi connectivity index (χ0n) is 15.5. The molecule has 0 spiro atoms. The van der Waals surface area contributed by atoms with Gasteiger partial charge in [0, 0.05) is 6.42 Å². The highest BCUT2D eigenvalue weighted by atomic mass is 16.5. The third kappa shape index (κ3) is 15.7. The van der Waals surface area contributed by atoms with Gasteiger partial charge in [0.15, 0.2) is 0 Å². The summed E-state index contributed by atoms with van der Waals surface area (Å²) in [6.07, 6.45) is 25.7. The van der Waals surface area contributed by atoms with Gasteiger partial charge in [0.2, 0.25) is 0 Å². The molecule has 0 aromatic carbocycles. The van der Waals surface area contributed by atoms with Gasteiger partial charge in [-0.3, -0.25) is 0 Å². The van der Waals surface area contributed by atoms with Crippen LogP contribution in [0.1, 0.15) is 104 Å². The molecule has 0 unspecified atom stereocenters. The van der Waals surface area contributed by atoms with Crippen molar-refractivity contribution in [2.24, 2.45) is 0 Å². The minimum absolute atomic E-state index is 1.11. The molecular formula is C21H40O. The first-order chi connectivity index (χ1) is 10.8. The summed E-state index contributed by atoms with van der Waals surface area (Å²) < 4.78 is 5.27. The summed E-state index contributed by atoms with van der Waals surface area (Å²) in [5, 5.41) is 0. The highest BCUT2D eigenvalue weighted by Gasteiger charge is 1.95. The fourth-order valence-electron chi connectivity index (χ4n) is 2.73. The van der Waals surface area contributed by atoms with Gasteiger partial charge in [0.25, 0.3) is 0 Å². The first-order valence-corrected chi connectivity index (χ1v) is 9.69. The van der Waals surface area contributed by atoms with E-state index in [0.717, 1.165) is 12.2 Å². The Balaban J connectivity index is 3.15. The molecule has 0 saturated carbocycles. The second-order valence-corrected chi connectivity index (χ2v) is 6.29. The number of hydrogen-bond donors (Lipinski definition) is 0. The SMILES string of the molecule is C/C=C(/CCCCCCCCC/C=C/CCCCCC)OC. The van der Waals surface area contributed by atoms with Crippen molar-refractivity contribution in [3.8, 4) is 0 Å². The van der Waals surface area contributed by atoms with Crippen LogP contribution in [0.25, 0.3) is 0 Å². The molecule has 1 nitrogen and oxygen atoms in total. The third-order valence-electron chi connectivity index (χ3n) is 4.27. The van der Waals surface area contributed by atoms with E-state index in [9.17, 15) is 0 Å². The minimum atomic E-state index is 1.11. The number of allylic oxidation sites excluding steroid dienone is 4. The number of ether oxygens (including phenoxy) is 1. The number of unbranched alkanes of at least 4 members (excludes halogenated alkanes) is 11. The fraction of sp³-hybridized carbons (Fsp3) is 0.810. The van der Waals surface area contributed by atoms with Gasteiger partial charge >= 0.3 is 0 Å². The van der Waals surface area contributed by atoms with Gasteiger partial charge in [-0.15, -0.1) is 0 Å². The molecule has 130 valence electrons. The molecule has 0 N–H and O–H groups in total. The molecule has 1 heteroatoms. The lowest BCUT2D eigenvalue weighted by Gasteiger charge is -2.05. The predicted octanol–water partition coefficient (Wildman–Crippen LogP) is 7.57. The van der Waals surface area contributed by atoms with Gasteiger partial charge in [-0.2, -0.15) is 0 Å². The van der Waals surface area contributed by atoms with Crippen LogP contribution in [0, 0.1) is 0 Å². The van der Waals surface area contributed by atoms with Gasteiger partial charge in [-0.1, -0.05) is 70.4 Å². The topological polar surface area (TPSA) is 9.23 Å². The van der Waals surface area contributed by atoms with Crippen LogP contribution >= 0.6 is 0 Å². The maximum Gasteiger partial charge on any atom is 0.0912 e. The summed E-state index contributed by atoms with van der Waals surface area (Å²) in [5.41, 5.74) is 0. The Hall–Kier alpha value is -0.720. The van der Waals surface area contributed by atoms with E-state index >= 15 is 0 Å². The lowest BCUT2D eigenvalue weighted by Crippen LogP contribution is -1.87. The van der Waals surface area contributed by atoms with Crippen molar-refractivity contribution in [2.75, 3.05) is 7.11 Å². The average Bonchev–Trinajstić information content (AvgIpc) is 2.55. The van der Waals surface area contributed by atoms with Crippen LogP contribution in [-0.2, 0) is 4.74 Å². The van der Waals surface area contributed by atoms with E-state index in [4.69, 9.17) is 4.74 Å². The van der Waals surface area contributed by atoms with Gasteiger partial charge < -0.3 is 4.74 Å². The molecule has 0 aromatic rings. The molecule has 0 amide bonds. The molecule has 0 bridgehead atoms. The smallest absolute Gasteiger partial charge is 0.0912 e. The van der Waals surface area contributed by atoms with Crippen LogP contribution in [0.4, 0.5) is 0 Å². The van der Waals surface area contributed by atoms with Gasteiger partial charge in [0.1, 0.15) is 0 Å². The number of methoxy groups -OCH3 is 1. The molecule has 22 heavy (non-hydrogen) atoms. The van der Waals surface area contributed by atoms with Crippen molar-refractivity contribution in [3.05, 3.63) is 24.0 Å². The second kappa shape index (κ2) is 18.3. The highest BCUT2D eigenvalue weighted by Crippen LogP contribution is 2.13. The Kier molecular flexibility index (Phi) is 17.7. The van der Waals surface area contributed by atoms with Crippen LogP contribution in [-0.4, -0.2) is 7.11 Å². The maximum absolute atomic E-state index is 5.27. The molecule has 0 fully saturated rings. The van der Waals surface area contributed by atoms with E-state index in [1.165, 1.54) is 83.5 Å². The molecule has 0 aliphatic rings. The normalized spacial score (nSPS) is 12.2. The summed E-state index contributed by atoms with van der Waals surface area (Å²) in [6, 6.07) is 0. The van der Waals surface area contributed by atoms with Crippen LogP contribution in [0.2, 0.25) is 0 Å². The molecule has 0 rings (SSSR count). The standard InChI is InChI=1S/C21H40O/c1-4-6-7-8-9-10-11-12-13-14-15-16-17-18-19-20-21(5-2)22-3/h5,10-11H,4,6-9,12-20H2,1-3H3/b11-10+,21-5-. The van der Waals surface area contributed by atoms with Gasteiger partial charge in [0.05, 0.1) is 12.9 Å². The molecule has 0 saturated heterocycles.